The maximum absolute atomic E-state index is 4.78. The zero-order chi connectivity index (χ0) is 17.3. The van der Waals surface area contributed by atoms with Gasteiger partial charge in [-0.25, -0.2) is 0 Å². The van der Waals surface area contributed by atoms with E-state index in [-0.39, 0.29) is 29.4 Å². The monoisotopic (exact) mass is 466 g/mol. The van der Waals surface area contributed by atoms with Crippen LogP contribution in [-0.4, -0.2) is 51.1 Å². The molecule has 4 nitrogen and oxygen atoms in total. The highest BCUT2D eigenvalue weighted by atomic mass is 127. The van der Waals surface area contributed by atoms with Crippen molar-refractivity contribution in [3.05, 3.63) is 22.4 Å². The summed E-state index contributed by atoms with van der Waals surface area (Å²) in [6, 6.07) is 4.34. The summed E-state index contributed by atoms with van der Waals surface area (Å²) in [5.74, 6) is 1.52. The van der Waals surface area contributed by atoms with E-state index in [1.54, 1.807) is 0 Å². The molecule has 0 bridgehead atoms. The highest BCUT2D eigenvalue weighted by Gasteiger charge is 2.18. The first-order valence-electron chi connectivity index (χ1n) is 8.51. The lowest BCUT2D eigenvalue weighted by Gasteiger charge is -2.27. The lowest BCUT2D eigenvalue weighted by Crippen LogP contribution is -2.41. The molecule has 0 aliphatic rings. The number of guanidine groups is 1. The van der Waals surface area contributed by atoms with Crippen LogP contribution in [0, 0.1) is 11.3 Å². The predicted octanol–water partition coefficient (Wildman–Crippen LogP) is 3.69. The Hall–Kier alpha value is -0.340. The third-order valence-electron chi connectivity index (χ3n) is 3.50. The van der Waals surface area contributed by atoms with Gasteiger partial charge in [-0.3, -0.25) is 4.99 Å². The average molecular weight is 466 g/mol. The molecule has 2 N–H and O–H groups in total. The van der Waals surface area contributed by atoms with Crippen LogP contribution < -0.4 is 10.6 Å². The molecule has 1 atom stereocenters. The second kappa shape index (κ2) is 12.1. The van der Waals surface area contributed by atoms with E-state index in [9.17, 15) is 0 Å². The van der Waals surface area contributed by atoms with Crippen LogP contribution in [0.4, 0.5) is 0 Å². The van der Waals surface area contributed by atoms with Crippen molar-refractivity contribution in [2.45, 2.75) is 34.1 Å². The fraction of sp³-hybridized carbons (Fsp3) is 0.722. The molecular formula is C18H35IN4S. The number of nitrogens with one attached hydrogen (secondary N) is 2. The molecule has 1 unspecified atom stereocenters. The summed E-state index contributed by atoms with van der Waals surface area (Å²) in [6.45, 7) is 12.6. The van der Waals surface area contributed by atoms with E-state index in [2.05, 4.69) is 74.8 Å². The second-order valence-electron chi connectivity index (χ2n) is 7.37. The normalized spacial score (nSPS) is 13.5. The van der Waals surface area contributed by atoms with Crippen molar-refractivity contribution in [2.24, 2.45) is 16.3 Å². The van der Waals surface area contributed by atoms with E-state index >= 15 is 0 Å². The van der Waals surface area contributed by atoms with Gasteiger partial charge in [0.25, 0.3) is 0 Å². The second-order valence-corrected chi connectivity index (χ2v) is 8.40. The minimum atomic E-state index is 0. The molecule has 1 heterocycles. The van der Waals surface area contributed by atoms with Crippen LogP contribution in [0.1, 0.15) is 32.6 Å². The van der Waals surface area contributed by atoms with Crippen molar-refractivity contribution in [3.63, 3.8) is 0 Å². The molecule has 0 aliphatic carbocycles. The van der Waals surface area contributed by atoms with E-state index < -0.39 is 0 Å². The first kappa shape index (κ1) is 23.7. The predicted molar refractivity (Wildman–Crippen MR) is 119 cm³/mol. The van der Waals surface area contributed by atoms with Crippen molar-refractivity contribution in [1.29, 1.82) is 0 Å². The first-order valence-corrected chi connectivity index (χ1v) is 9.39. The van der Waals surface area contributed by atoms with Gasteiger partial charge in [0.1, 0.15) is 0 Å². The summed E-state index contributed by atoms with van der Waals surface area (Å²) in [7, 11) is 4.22. The van der Waals surface area contributed by atoms with E-state index in [0.717, 1.165) is 38.6 Å². The van der Waals surface area contributed by atoms with Gasteiger partial charge < -0.3 is 15.5 Å². The minimum Gasteiger partial charge on any atom is -0.357 e. The molecule has 0 saturated carbocycles. The van der Waals surface area contributed by atoms with E-state index in [1.807, 2.05) is 11.3 Å². The number of hydrogen-bond donors (Lipinski definition) is 2. The highest BCUT2D eigenvalue weighted by Crippen LogP contribution is 2.16. The molecule has 140 valence electrons. The van der Waals surface area contributed by atoms with Crippen LogP contribution in [0.25, 0.3) is 0 Å². The van der Waals surface area contributed by atoms with Crippen molar-refractivity contribution >= 4 is 41.3 Å². The summed E-state index contributed by atoms with van der Waals surface area (Å²) in [4.78, 5) is 8.45. The van der Waals surface area contributed by atoms with Crippen LogP contribution in [-0.2, 0) is 6.42 Å². The first-order chi connectivity index (χ1) is 10.8. The number of aliphatic imine (C=N–C) groups is 1. The van der Waals surface area contributed by atoms with Crippen LogP contribution >= 0.6 is 35.3 Å². The lowest BCUT2D eigenvalue weighted by atomic mass is 9.93. The summed E-state index contributed by atoms with van der Waals surface area (Å²) in [6.07, 6.45) is 1.12. The highest BCUT2D eigenvalue weighted by molar-refractivity contribution is 14.0. The van der Waals surface area contributed by atoms with Gasteiger partial charge in [0.15, 0.2) is 5.96 Å². The van der Waals surface area contributed by atoms with Gasteiger partial charge in [-0.2, -0.15) is 0 Å². The molecule has 0 radical (unpaired) electrons. The number of halogens is 1. The topological polar surface area (TPSA) is 39.7 Å². The van der Waals surface area contributed by atoms with Crippen molar-refractivity contribution in [1.82, 2.24) is 15.5 Å². The average Bonchev–Trinajstić information content (AvgIpc) is 2.93. The van der Waals surface area contributed by atoms with Crippen LogP contribution in [0.15, 0.2) is 22.5 Å². The number of nitrogens with zero attached hydrogens (tertiary/aromatic N) is 2. The maximum Gasteiger partial charge on any atom is 0.191 e. The molecule has 1 aromatic rings. The molecule has 1 rings (SSSR count). The zero-order valence-corrected chi connectivity index (χ0v) is 19.2. The van der Waals surface area contributed by atoms with Gasteiger partial charge in [0, 0.05) is 31.1 Å². The fourth-order valence-corrected chi connectivity index (χ4v) is 3.53. The van der Waals surface area contributed by atoms with Gasteiger partial charge in [-0.15, -0.1) is 35.3 Å². The number of hydrogen-bond acceptors (Lipinski definition) is 3. The van der Waals surface area contributed by atoms with Crippen LogP contribution in [0.2, 0.25) is 0 Å². The van der Waals surface area contributed by atoms with Crippen molar-refractivity contribution in [2.75, 3.05) is 40.3 Å². The van der Waals surface area contributed by atoms with E-state index in [1.165, 1.54) is 4.88 Å². The molecule has 0 aromatic carbocycles. The maximum atomic E-state index is 4.78. The standard InChI is InChI=1S/C18H34N4S.HI/c1-7-19-17(21-13-18(3,4)14-22(5)6)20-12-15(2)11-16-9-8-10-23-16;/h8-10,15H,7,11-14H2,1-6H3,(H2,19,20,21);1H. The Bertz CT molecular complexity index is 458. The Labute approximate surface area is 169 Å². The molecule has 6 heteroatoms. The summed E-state index contributed by atoms with van der Waals surface area (Å²) in [5.41, 5.74) is 0.175. The molecular weight excluding hydrogens is 431 g/mol. The molecule has 0 saturated heterocycles. The van der Waals surface area contributed by atoms with Crippen molar-refractivity contribution in [3.8, 4) is 0 Å². The van der Waals surface area contributed by atoms with E-state index in [0.29, 0.717) is 5.92 Å². The Morgan fingerprint density at radius 3 is 2.58 bits per heavy atom. The third-order valence-corrected chi connectivity index (χ3v) is 4.40. The van der Waals surface area contributed by atoms with Gasteiger partial charge in [0.05, 0.1) is 0 Å². The quantitative estimate of drug-likeness (QED) is 0.331. The molecule has 0 aliphatic heterocycles. The van der Waals surface area contributed by atoms with Gasteiger partial charge in [-0.1, -0.05) is 26.8 Å². The third kappa shape index (κ3) is 10.5. The number of rotatable bonds is 9. The van der Waals surface area contributed by atoms with Gasteiger partial charge >= 0.3 is 0 Å². The molecule has 0 amide bonds. The molecule has 0 fully saturated rings. The Morgan fingerprint density at radius 1 is 1.33 bits per heavy atom. The summed E-state index contributed by atoms with van der Waals surface area (Å²) < 4.78 is 0. The fourth-order valence-electron chi connectivity index (χ4n) is 2.66. The van der Waals surface area contributed by atoms with Gasteiger partial charge in [-0.05, 0) is 50.2 Å². The SMILES string of the molecule is CCNC(=NCC(C)(C)CN(C)C)NCC(C)Cc1cccs1.I. The summed E-state index contributed by atoms with van der Waals surface area (Å²) >= 11 is 1.84. The largest absolute Gasteiger partial charge is 0.357 e. The van der Waals surface area contributed by atoms with Crippen LogP contribution in [0.5, 0.6) is 0 Å². The van der Waals surface area contributed by atoms with Gasteiger partial charge in [0.2, 0.25) is 0 Å². The van der Waals surface area contributed by atoms with E-state index in [4.69, 9.17) is 4.99 Å². The van der Waals surface area contributed by atoms with Crippen molar-refractivity contribution < 1.29 is 0 Å². The molecule has 1 aromatic heterocycles. The zero-order valence-electron chi connectivity index (χ0n) is 16.1. The van der Waals surface area contributed by atoms with Crippen LogP contribution in [0.3, 0.4) is 0 Å². The molecule has 24 heavy (non-hydrogen) atoms. The Balaban J connectivity index is 0.00000529. The minimum absolute atomic E-state index is 0. The number of thiophene rings is 1. The lowest BCUT2D eigenvalue weighted by molar-refractivity contribution is 0.248. The Kier molecular flexibility index (Phi) is 11.9. The molecule has 0 spiro atoms. The summed E-state index contributed by atoms with van der Waals surface area (Å²) in [5, 5.41) is 8.99. The Morgan fingerprint density at radius 2 is 2.04 bits per heavy atom. The smallest absolute Gasteiger partial charge is 0.191 e.